The van der Waals surface area contributed by atoms with Gasteiger partial charge in [0.2, 0.25) is 0 Å². The summed E-state index contributed by atoms with van der Waals surface area (Å²) in [5.74, 6) is -0.331. The monoisotopic (exact) mass is 525 g/mol. The fourth-order valence-corrected chi connectivity index (χ4v) is 5.01. The number of alkyl halides is 2. The van der Waals surface area contributed by atoms with Gasteiger partial charge in [-0.1, -0.05) is 43.0 Å². The number of aryl methyl sites for hydroxylation is 1. The number of halogens is 4. The van der Waals surface area contributed by atoms with Crippen molar-refractivity contribution in [1.82, 2.24) is 9.61 Å². The van der Waals surface area contributed by atoms with Gasteiger partial charge in [0.25, 0.3) is 6.43 Å². The molecule has 0 spiro atoms. The maximum Gasteiger partial charge on any atom is 0.263 e. The molecular formula is C28H27ClF3N5. The number of nitrogens with one attached hydrogen (secondary N) is 1. The topological polar surface area (TPSA) is 67.7 Å². The first-order valence-corrected chi connectivity index (χ1v) is 12.6. The van der Waals surface area contributed by atoms with Crippen LogP contribution in [0.3, 0.4) is 0 Å². The van der Waals surface area contributed by atoms with Gasteiger partial charge in [-0.25, -0.2) is 22.7 Å². The highest BCUT2D eigenvalue weighted by Gasteiger charge is 2.21. The number of nitrogens with zero attached hydrogens (tertiary/aromatic N) is 3. The number of aliphatic imine (C=N–C) groups is 1. The average Bonchev–Trinajstić information content (AvgIpc) is 3.32. The average molecular weight is 526 g/mol. The predicted molar refractivity (Wildman–Crippen MR) is 143 cm³/mol. The molecule has 0 aliphatic heterocycles. The first kappa shape index (κ1) is 25.1. The van der Waals surface area contributed by atoms with Crippen LogP contribution in [0, 0.1) is 12.7 Å². The fraction of sp³-hybridized carbons (Fsp3) is 0.286. The van der Waals surface area contributed by atoms with Crippen molar-refractivity contribution in [2.24, 2.45) is 10.7 Å². The molecule has 0 radical (unpaired) electrons. The third kappa shape index (κ3) is 5.30. The van der Waals surface area contributed by atoms with Gasteiger partial charge >= 0.3 is 0 Å². The summed E-state index contributed by atoms with van der Waals surface area (Å²) in [5.41, 5.74) is 11.0. The van der Waals surface area contributed by atoms with Gasteiger partial charge in [0, 0.05) is 29.4 Å². The molecule has 5 nitrogen and oxygen atoms in total. The second-order valence-electron chi connectivity index (χ2n) is 9.44. The van der Waals surface area contributed by atoms with Crippen molar-refractivity contribution < 1.29 is 13.2 Å². The maximum atomic E-state index is 13.8. The largest absolute Gasteiger partial charge is 0.383 e. The Morgan fingerprint density at radius 3 is 2.68 bits per heavy atom. The van der Waals surface area contributed by atoms with E-state index in [1.165, 1.54) is 36.8 Å². The van der Waals surface area contributed by atoms with E-state index in [0.29, 0.717) is 11.1 Å². The van der Waals surface area contributed by atoms with Crippen molar-refractivity contribution in [1.29, 1.82) is 0 Å². The number of amidine groups is 1. The molecule has 5 rings (SSSR count). The van der Waals surface area contributed by atoms with Crippen molar-refractivity contribution in [2.45, 2.75) is 51.5 Å². The van der Waals surface area contributed by atoms with E-state index in [0.717, 1.165) is 48.0 Å². The summed E-state index contributed by atoms with van der Waals surface area (Å²) in [6, 6.07) is 10.7. The van der Waals surface area contributed by atoms with Crippen LogP contribution in [0.15, 0.2) is 59.9 Å². The standard InChI is InChI=1S/C28H27ClF3N5/c1-16-7-8-17(27(31)32)11-21(16)18-12-25-26(35-20-5-3-2-4-6-20)22(14-34-37(25)15-18)28(33)36-24-13-19(30)9-10-23(24)29/h7-15,20,27,35H,2-6H2,1H3,(H2,33,36). The zero-order valence-electron chi connectivity index (χ0n) is 20.3. The van der Waals surface area contributed by atoms with Crippen LogP contribution in [0.25, 0.3) is 16.6 Å². The van der Waals surface area contributed by atoms with Crippen molar-refractivity contribution in [3.05, 3.63) is 82.4 Å². The SMILES string of the molecule is Cc1ccc(C(F)F)cc1-c1cc2c(NC3CCCCC3)c(C(N)=Nc3cc(F)ccc3Cl)cnn2c1. The van der Waals surface area contributed by atoms with E-state index >= 15 is 0 Å². The Balaban J connectivity index is 1.64. The molecule has 0 bridgehead atoms. The highest BCUT2D eigenvalue weighted by Crippen LogP contribution is 2.34. The van der Waals surface area contributed by atoms with Crippen LogP contribution < -0.4 is 11.1 Å². The summed E-state index contributed by atoms with van der Waals surface area (Å²) in [6.07, 6.45) is 6.36. The molecular weight excluding hydrogens is 499 g/mol. The molecule has 2 heterocycles. The second kappa shape index (κ2) is 10.5. The number of aromatic nitrogens is 2. The molecule has 2 aromatic carbocycles. The molecule has 1 aliphatic carbocycles. The number of hydrogen-bond acceptors (Lipinski definition) is 3. The number of hydrogen-bond donors (Lipinski definition) is 2. The lowest BCUT2D eigenvalue weighted by Crippen LogP contribution is -2.25. The van der Waals surface area contributed by atoms with Crippen molar-refractivity contribution in [3.8, 4) is 11.1 Å². The molecule has 1 aliphatic rings. The molecule has 192 valence electrons. The predicted octanol–water partition coefficient (Wildman–Crippen LogP) is 7.82. The summed E-state index contributed by atoms with van der Waals surface area (Å²) >= 11 is 6.22. The van der Waals surface area contributed by atoms with Gasteiger partial charge in [0.1, 0.15) is 11.7 Å². The Bertz CT molecular complexity index is 1470. The van der Waals surface area contributed by atoms with Crippen LogP contribution in [-0.2, 0) is 0 Å². The van der Waals surface area contributed by atoms with Crippen LogP contribution in [0.1, 0.15) is 55.2 Å². The molecule has 3 N–H and O–H groups in total. The number of fused-ring (bicyclic) bond motifs is 1. The van der Waals surface area contributed by atoms with Gasteiger partial charge in [-0.3, -0.25) is 0 Å². The molecule has 1 saturated carbocycles. The maximum absolute atomic E-state index is 13.8. The smallest absolute Gasteiger partial charge is 0.263 e. The van der Waals surface area contributed by atoms with Crippen LogP contribution >= 0.6 is 11.6 Å². The molecule has 0 saturated heterocycles. The lowest BCUT2D eigenvalue weighted by atomic mass is 9.95. The minimum atomic E-state index is -2.56. The minimum absolute atomic E-state index is 0.0339. The lowest BCUT2D eigenvalue weighted by Gasteiger charge is -2.25. The van der Waals surface area contributed by atoms with Crippen LogP contribution in [0.5, 0.6) is 0 Å². The van der Waals surface area contributed by atoms with E-state index in [1.54, 1.807) is 16.8 Å². The van der Waals surface area contributed by atoms with E-state index in [4.69, 9.17) is 17.3 Å². The van der Waals surface area contributed by atoms with E-state index < -0.39 is 12.2 Å². The molecule has 9 heteroatoms. The highest BCUT2D eigenvalue weighted by molar-refractivity contribution is 6.33. The van der Waals surface area contributed by atoms with Gasteiger partial charge in [-0.2, -0.15) is 5.10 Å². The Morgan fingerprint density at radius 1 is 1.14 bits per heavy atom. The molecule has 0 atom stereocenters. The van der Waals surface area contributed by atoms with Gasteiger partial charge in [-0.15, -0.1) is 0 Å². The van der Waals surface area contributed by atoms with Gasteiger partial charge in [0.15, 0.2) is 0 Å². The zero-order valence-corrected chi connectivity index (χ0v) is 21.1. The minimum Gasteiger partial charge on any atom is -0.383 e. The van der Waals surface area contributed by atoms with E-state index in [1.807, 2.05) is 19.2 Å². The van der Waals surface area contributed by atoms with Crippen LogP contribution in [0.2, 0.25) is 5.02 Å². The molecule has 2 aromatic heterocycles. The van der Waals surface area contributed by atoms with E-state index in [2.05, 4.69) is 15.4 Å². The van der Waals surface area contributed by atoms with Crippen molar-refractivity contribution in [2.75, 3.05) is 5.32 Å². The van der Waals surface area contributed by atoms with Crippen LogP contribution in [-0.4, -0.2) is 21.5 Å². The normalized spacial score (nSPS) is 15.0. The Kier molecular flexibility index (Phi) is 7.11. The number of nitrogens with two attached hydrogens (primary N) is 1. The van der Waals surface area contributed by atoms with Crippen LogP contribution in [0.4, 0.5) is 24.5 Å². The first-order valence-electron chi connectivity index (χ1n) is 12.3. The quantitative estimate of drug-likeness (QED) is 0.199. The Morgan fingerprint density at radius 2 is 1.92 bits per heavy atom. The summed E-state index contributed by atoms with van der Waals surface area (Å²) in [6.45, 7) is 1.89. The van der Waals surface area contributed by atoms with Gasteiger partial charge in [-0.05, 0) is 55.2 Å². The number of anilines is 1. The van der Waals surface area contributed by atoms with Gasteiger partial charge < -0.3 is 11.1 Å². The summed E-state index contributed by atoms with van der Waals surface area (Å²) in [5, 5.41) is 8.45. The second-order valence-corrected chi connectivity index (χ2v) is 9.85. The Labute approximate surface area is 218 Å². The summed E-state index contributed by atoms with van der Waals surface area (Å²) < 4.78 is 42.4. The number of rotatable bonds is 6. The fourth-order valence-electron chi connectivity index (χ4n) is 4.85. The molecule has 0 unspecified atom stereocenters. The van der Waals surface area contributed by atoms with E-state index in [-0.39, 0.29) is 28.2 Å². The third-order valence-corrected chi connectivity index (χ3v) is 7.16. The highest BCUT2D eigenvalue weighted by atomic mass is 35.5. The van der Waals surface area contributed by atoms with E-state index in [9.17, 15) is 13.2 Å². The number of benzene rings is 2. The third-order valence-electron chi connectivity index (χ3n) is 6.84. The first-order chi connectivity index (χ1) is 17.8. The van der Waals surface area contributed by atoms with Gasteiger partial charge in [0.05, 0.1) is 33.7 Å². The zero-order chi connectivity index (χ0) is 26.1. The lowest BCUT2D eigenvalue weighted by molar-refractivity contribution is 0.151. The Hall–Kier alpha value is -3.52. The summed E-state index contributed by atoms with van der Waals surface area (Å²) in [4.78, 5) is 4.41. The van der Waals surface area contributed by atoms with Crippen molar-refractivity contribution >= 4 is 34.3 Å². The molecule has 1 fully saturated rings. The van der Waals surface area contributed by atoms with Crippen molar-refractivity contribution in [3.63, 3.8) is 0 Å². The molecule has 4 aromatic rings. The summed E-state index contributed by atoms with van der Waals surface area (Å²) in [7, 11) is 0. The molecule has 0 amide bonds. The molecule has 37 heavy (non-hydrogen) atoms.